The molecule has 1 aromatic rings. The minimum absolute atomic E-state index is 0.0230. The van der Waals surface area contributed by atoms with Gasteiger partial charge in [0.05, 0.1) is 18.0 Å². The molecule has 1 rings (SSSR count). The van der Waals surface area contributed by atoms with Crippen LogP contribution < -0.4 is 15.8 Å². The maximum atomic E-state index is 14.1. The normalized spacial score (nSPS) is 14.3. The number of primary sulfonamides is 1. The van der Waals surface area contributed by atoms with E-state index < -0.39 is 32.8 Å². The fourth-order valence-electron chi connectivity index (χ4n) is 3.38. The van der Waals surface area contributed by atoms with Crippen LogP contribution in [0.1, 0.15) is 45.6 Å². The molecule has 4 N–H and O–H groups in total. The van der Waals surface area contributed by atoms with E-state index in [1.807, 2.05) is 0 Å². The molecule has 230 valence electrons. The maximum absolute atomic E-state index is 14.1. The Hall–Kier alpha value is -4.09. The Bertz CT molecular complexity index is 1290. The number of benzene rings is 1. The van der Waals surface area contributed by atoms with Crippen LogP contribution in [0.4, 0.5) is 17.6 Å². The number of nitriles is 1. The summed E-state index contributed by atoms with van der Waals surface area (Å²) in [6, 6.07) is 5.40. The van der Waals surface area contributed by atoms with Crippen LogP contribution in [0.5, 0.6) is 0 Å². The average Bonchev–Trinajstić information content (AvgIpc) is 2.93. The number of halogens is 4. The molecule has 1 aromatic carbocycles. The SMILES string of the molecule is C#N.C=C/C=N/C(=NC/C=C(\C)CC(C=C)S(N)(=O)=O)N/C(=C/N=Cc1ccc(F)cc1)NC(CC)(CC)C(F)(F)F. The van der Waals surface area contributed by atoms with Gasteiger partial charge in [-0.3, -0.25) is 4.99 Å². The third-order valence-electron chi connectivity index (χ3n) is 5.86. The first-order valence-corrected chi connectivity index (χ1v) is 14.2. The first-order chi connectivity index (χ1) is 19.7. The summed E-state index contributed by atoms with van der Waals surface area (Å²) < 4.78 is 78.7. The zero-order chi connectivity index (χ0) is 32.4. The third-order valence-corrected chi connectivity index (χ3v) is 7.06. The van der Waals surface area contributed by atoms with E-state index in [-0.39, 0.29) is 37.6 Å². The van der Waals surface area contributed by atoms with E-state index >= 15 is 0 Å². The lowest BCUT2D eigenvalue weighted by Crippen LogP contribution is -2.57. The minimum Gasteiger partial charge on any atom is -0.356 e. The average molecular weight is 612 g/mol. The van der Waals surface area contributed by atoms with Gasteiger partial charge >= 0.3 is 6.18 Å². The molecule has 0 fully saturated rings. The highest BCUT2D eigenvalue weighted by Gasteiger charge is 2.52. The van der Waals surface area contributed by atoms with E-state index in [9.17, 15) is 26.0 Å². The van der Waals surface area contributed by atoms with Crippen molar-refractivity contribution in [1.29, 1.82) is 5.26 Å². The largest absolute Gasteiger partial charge is 0.411 e. The molecule has 0 bridgehead atoms. The fraction of sp³-hybridized carbons (Fsp3) is 0.357. The van der Waals surface area contributed by atoms with Gasteiger partial charge in [0, 0.05) is 19.0 Å². The van der Waals surface area contributed by atoms with Gasteiger partial charge in [0.25, 0.3) is 0 Å². The molecular weight excluding hydrogens is 574 g/mol. The van der Waals surface area contributed by atoms with Gasteiger partial charge in [0.15, 0.2) is 0 Å². The van der Waals surface area contributed by atoms with Crippen molar-refractivity contribution >= 4 is 28.4 Å². The highest BCUT2D eigenvalue weighted by atomic mass is 32.2. The van der Waals surface area contributed by atoms with Gasteiger partial charge in [-0.05, 0) is 43.9 Å². The van der Waals surface area contributed by atoms with Gasteiger partial charge in [-0.1, -0.05) is 56.4 Å². The van der Waals surface area contributed by atoms with E-state index in [0.717, 1.165) is 6.20 Å². The molecule has 1 atom stereocenters. The minimum atomic E-state index is -4.59. The molecule has 0 aliphatic carbocycles. The van der Waals surface area contributed by atoms with Crippen molar-refractivity contribution < 1.29 is 26.0 Å². The number of guanidine groups is 1. The second-order valence-electron chi connectivity index (χ2n) is 8.71. The van der Waals surface area contributed by atoms with Gasteiger partial charge in [0.2, 0.25) is 16.0 Å². The number of hydrogen-bond acceptors (Lipinski definition) is 6. The first-order valence-electron chi connectivity index (χ1n) is 12.6. The molecule has 0 heterocycles. The molecule has 0 aliphatic rings. The van der Waals surface area contributed by atoms with Crippen LogP contribution in [0.25, 0.3) is 0 Å². The van der Waals surface area contributed by atoms with Crippen molar-refractivity contribution in [3.8, 4) is 6.57 Å². The number of aliphatic imine (C=N–C) groups is 3. The summed E-state index contributed by atoms with van der Waals surface area (Å²) in [6.45, 7) is 15.1. The number of nitrogens with two attached hydrogens (primary N) is 1. The number of hydrogen-bond donors (Lipinski definition) is 3. The predicted octanol–water partition coefficient (Wildman–Crippen LogP) is 5.28. The zero-order valence-corrected chi connectivity index (χ0v) is 24.6. The molecule has 14 heteroatoms. The van der Waals surface area contributed by atoms with Crippen molar-refractivity contribution in [2.24, 2.45) is 20.1 Å². The molecule has 9 nitrogen and oxygen atoms in total. The number of sulfonamides is 1. The van der Waals surface area contributed by atoms with Crippen LogP contribution in [-0.2, 0) is 10.0 Å². The van der Waals surface area contributed by atoms with Gasteiger partial charge < -0.3 is 10.6 Å². The second kappa shape index (κ2) is 18.4. The summed E-state index contributed by atoms with van der Waals surface area (Å²) in [5.41, 5.74) is -1.09. The highest BCUT2D eigenvalue weighted by Crippen LogP contribution is 2.36. The van der Waals surface area contributed by atoms with Crippen LogP contribution in [0.3, 0.4) is 0 Å². The Morgan fingerprint density at radius 2 is 1.76 bits per heavy atom. The van der Waals surface area contributed by atoms with Crippen molar-refractivity contribution in [3.05, 3.63) is 84.6 Å². The monoisotopic (exact) mass is 611 g/mol. The lowest BCUT2D eigenvalue weighted by atomic mass is 9.92. The van der Waals surface area contributed by atoms with E-state index in [4.69, 9.17) is 10.4 Å². The van der Waals surface area contributed by atoms with Crippen LogP contribution >= 0.6 is 0 Å². The molecule has 1 unspecified atom stereocenters. The lowest BCUT2D eigenvalue weighted by Gasteiger charge is -2.36. The smallest absolute Gasteiger partial charge is 0.356 e. The maximum Gasteiger partial charge on any atom is 0.411 e. The Kier molecular flexibility index (Phi) is 16.6. The highest BCUT2D eigenvalue weighted by molar-refractivity contribution is 7.89. The standard InChI is InChI=1S/C27H36F4N6O2S.CHN/c1-6-15-34-25(35-16-14-20(5)17-23(7-2)40(32,38)39)36-24(37-26(8-3,9-4)27(29,30)31)19-33-18-21-10-12-22(28)13-11-21;1-2/h6-7,10-15,18-19,23,37H,1-2,8-9,16-17H2,3-5H3,(H,35,36)(H2,32,38,39);1H/b20-14+,24-19-,33-18?,34-15+;. The summed E-state index contributed by atoms with van der Waals surface area (Å²) in [7, 11) is -3.83. The molecule has 0 saturated carbocycles. The van der Waals surface area contributed by atoms with Crippen molar-refractivity contribution in [1.82, 2.24) is 10.6 Å². The molecule has 0 amide bonds. The van der Waals surface area contributed by atoms with Crippen molar-refractivity contribution in [2.75, 3.05) is 6.54 Å². The lowest BCUT2D eigenvalue weighted by molar-refractivity contribution is -0.196. The van der Waals surface area contributed by atoms with Gasteiger partial charge in [-0.25, -0.2) is 33.2 Å². The second-order valence-corrected chi connectivity index (χ2v) is 10.5. The van der Waals surface area contributed by atoms with Crippen molar-refractivity contribution in [3.63, 3.8) is 0 Å². The molecule has 0 spiro atoms. The van der Waals surface area contributed by atoms with Gasteiger partial charge in [0.1, 0.15) is 17.2 Å². The Morgan fingerprint density at radius 3 is 2.24 bits per heavy atom. The summed E-state index contributed by atoms with van der Waals surface area (Å²) in [5.74, 6) is -0.636. The predicted molar refractivity (Wildman–Crippen MR) is 161 cm³/mol. The summed E-state index contributed by atoms with van der Waals surface area (Å²) in [5, 5.41) is 16.0. The third kappa shape index (κ3) is 13.0. The van der Waals surface area contributed by atoms with Crippen LogP contribution in [0.2, 0.25) is 0 Å². The number of allylic oxidation sites excluding steroid dienone is 2. The number of nitrogens with one attached hydrogen (secondary N) is 2. The molecule has 0 saturated heterocycles. The quantitative estimate of drug-likeness (QED) is 0.114. The summed E-state index contributed by atoms with van der Waals surface area (Å²) in [4.78, 5) is 12.5. The molecule has 0 aliphatic heterocycles. The number of nitrogens with zero attached hydrogens (tertiary/aromatic N) is 4. The molecular formula is C28H37F4N7O2S. The molecule has 0 radical (unpaired) electrons. The Balaban J connectivity index is 0.00000821. The number of alkyl halides is 3. The summed E-state index contributed by atoms with van der Waals surface area (Å²) in [6.07, 6.45) is 3.00. The van der Waals surface area contributed by atoms with Crippen LogP contribution in [0.15, 0.2) is 88.2 Å². The topological polar surface area (TPSA) is 145 Å². The van der Waals surface area contributed by atoms with E-state index in [1.165, 1.54) is 62.7 Å². The molecule has 0 aromatic heterocycles. The Labute approximate surface area is 245 Å². The fourth-order valence-corrected chi connectivity index (χ4v) is 4.14. The van der Waals surface area contributed by atoms with Gasteiger partial charge in [-0.15, -0.1) is 6.58 Å². The van der Waals surface area contributed by atoms with Crippen molar-refractivity contribution in [2.45, 2.75) is 57.0 Å². The Morgan fingerprint density at radius 1 is 1.17 bits per heavy atom. The van der Waals surface area contributed by atoms with E-state index in [0.29, 0.717) is 11.1 Å². The van der Waals surface area contributed by atoms with E-state index in [1.54, 1.807) is 13.0 Å². The van der Waals surface area contributed by atoms with Crippen LogP contribution in [0, 0.1) is 17.7 Å². The summed E-state index contributed by atoms with van der Waals surface area (Å²) >= 11 is 0. The van der Waals surface area contributed by atoms with Gasteiger partial charge in [-0.2, -0.15) is 13.2 Å². The van der Waals surface area contributed by atoms with Crippen LogP contribution in [-0.4, -0.2) is 50.3 Å². The number of rotatable bonds is 14. The first kappa shape index (κ1) is 37.9. The van der Waals surface area contributed by atoms with E-state index in [2.05, 4.69) is 45.3 Å². The zero-order valence-electron chi connectivity index (χ0n) is 23.8. The molecule has 42 heavy (non-hydrogen) atoms.